The van der Waals surface area contributed by atoms with Crippen molar-refractivity contribution in [3.63, 3.8) is 0 Å². The van der Waals surface area contributed by atoms with Crippen LogP contribution in [0.3, 0.4) is 0 Å². The zero-order chi connectivity index (χ0) is 17.2. The average Bonchev–Trinajstić information content (AvgIpc) is 3.38. The van der Waals surface area contributed by atoms with Crippen LogP contribution >= 0.6 is 0 Å². The van der Waals surface area contributed by atoms with Gasteiger partial charge >= 0.3 is 0 Å². The Morgan fingerprint density at radius 3 is 2.64 bits per heavy atom. The maximum Gasteiger partial charge on any atom is 0.230 e. The fourth-order valence-corrected chi connectivity index (χ4v) is 3.01. The van der Waals surface area contributed by atoms with E-state index in [1.807, 2.05) is 25.4 Å². The van der Waals surface area contributed by atoms with Crippen LogP contribution in [-0.4, -0.2) is 27.1 Å². The van der Waals surface area contributed by atoms with Gasteiger partial charge in [0.05, 0.1) is 12.6 Å². The summed E-state index contributed by atoms with van der Waals surface area (Å²) >= 11 is 0. The van der Waals surface area contributed by atoms with Crippen molar-refractivity contribution < 1.29 is 8.81 Å². The molecule has 4 rings (SSSR count). The number of pyridine rings is 1. The van der Waals surface area contributed by atoms with E-state index in [0.717, 1.165) is 29.9 Å². The first-order valence-corrected chi connectivity index (χ1v) is 8.38. The first-order valence-electron chi connectivity index (χ1n) is 8.38. The second-order valence-electron chi connectivity index (χ2n) is 6.46. The summed E-state index contributed by atoms with van der Waals surface area (Å²) < 4.78 is 19.1. The van der Waals surface area contributed by atoms with Gasteiger partial charge in [-0.15, -0.1) is 10.2 Å². The predicted octanol–water partition coefficient (Wildman–Crippen LogP) is 3.70. The lowest BCUT2D eigenvalue weighted by Crippen LogP contribution is -2.25. The van der Waals surface area contributed by atoms with Crippen LogP contribution in [0.2, 0.25) is 0 Å². The van der Waals surface area contributed by atoms with E-state index in [-0.39, 0.29) is 11.9 Å². The van der Waals surface area contributed by atoms with Gasteiger partial charge in [-0.1, -0.05) is 18.2 Å². The van der Waals surface area contributed by atoms with Gasteiger partial charge < -0.3 is 4.42 Å². The van der Waals surface area contributed by atoms with Gasteiger partial charge in [0.15, 0.2) is 0 Å². The minimum Gasteiger partial charge on any atom is -0.424 e. The van der Waals surface area contributed by atoms with Crippen molar-refractivity contribution in [2.75, 3.05) is 7.05 Å². The molecule has 0 bridgehead atoms. The molecule has 0 saturated heterocycles. The van der Waals surface area contributed by atoms with Gasteiger partial charge in [0, 0.05) is 18.3 Å². The van der Waals surface area contributed by atoms with Crippen molar-refractivity contribution in [1.82, 2.24) is 20.1 Å². The molecule has 0 radical (unpaired) electrons. The standard InChI is InChI=1S/C19H19FN4O/c1-24(12-17-22-23-19(25-17)14-4-5-14)18(15-3-2-10-21-11-15)13-6-8-16(20)9-7-13/h2-3,6-11,14,18H,4-5,12H2,1H3/t18-/m1/s1. The number of halogens is 1. The number of nitrogens with zero attached hydrogens (tertiary/aromatic N) is 4. The molecule has 0 aliphatic heterocycles. The quantitative estimate of drug-likeness (QED) is 0.686. The Morgan fingerprint density at radius 2 is 1.96 bits per heavy atom. The van der Waals surface area contributed by atoms with Crippen LogP contribution < -0.4 is 0 Å². The fraction of sp³-hybridized carbons (Fsp3) is 0.316. The first-order chi connectivity index (χ1) is 12.2. The van der Waals surface area contributed by atoms with E-state index in [2.05, 4.69) is 20.1 Å². The summed E-state index contributed by atoms with van der Waals surface area (Å²) in [6, 6.07) is 10.4. The Kier molecular flexibility index (Phi) is 4.28. The highest BCUT2D eigenvalue weighted by molar-refractivity contribution is 5.30. The molecule has 0 amide bonds. The summed E-state index contributed by atoms with van der Waals surface area (Å²) in [6.45, 7) is 0.511. The molecule has 1 saturated carbocycles. The van der Waals surface area contributed by atoms with E-state index in [9.17, 15) is 4.39 Å². The summed E-state index contributed by atoms with van der Waals surface area (Å²) in [7, 11) is 1.99. The van der Waals surface area contributed by atoms with Crippen LogP contribution in [0.25, 0.3) is 0 Å². The summed E-state index contributed by atoms with van der Waals surface area (Å²) in [5.74, 6) is 1.53. The lowest BCUT2D eigenvalue weighted by atomic mass is 9.99. The van der Waals surface area contributed by atoms with Gasteiger partial charge in [0.25, 0.3) is 0 Å². The minimum atomic E-state index is -0.248. The molecule has 1 aliphatic rings. The normalized spacial score (nSPS) is 15.5. The van der Waals surface area contributed by atoms with Crippen LogP contribution in [0.4, 0.5) is 4.39 Å². The lowest BCUT2D eigenvalue weighted by molar-refractivity contribution is 0.239. The molecule has 2 aromatic heterocycles. The van der Waals surface area contributed by atoms with Gasteiger partial charge in [0.1, 0.15) is 5.82 Å². The van der Waals surface area contributed by atoms with Crippen LogP contribution in [0.15, 0.2) is 53.2 Å². The number of rotatable bonds is 6. The Balaban J connectivity index is 1.60. The van der Waals surface area contributed by atoms with E-state index in [0.29, 0.717) is 18.4 Å². The molecule has 2 heterocycles. The molecule has 0 N–H and O–H groups in total. The molecule has 3 aromatic rings. The van der Waals surface area contributed by atoms with Crippen molar-refractivity contribution in [3.8, 4) is 0 Å². The molecule has 128 valence electrons. The smallest absolute Gasteiger partial charge is 0.230 e. The van der Waals surface area contributed by atoms with Crippen molar-refractivity contribution in [2.45, 2.75) is 31.3 Å². The SMILES string of the molecule is CN(Cc1nnc(C2CC2)o1)[C@H](c1ccc(F)cc1)c1cccnc1. The fourth-order valence-electron chi connectivity index (χ4n) is 3.01. The zero-order valence-corrected chi connectivity index (χ0v) is 14.0. The van der Waals surface area contributed by atoms with Crippen LogP contribution in [0.5, 0.6) is 0 Å². The van der Waals surface area contributed by atoms with E-state index < -0.39 is 0 Å². The van der Waals surface area contributed by atoms with Crippen molar-refractivity contribution in [3.05, 3.63) is 77.5 Å². The second-order valence-corrected chi connectivity index (χ2v) is 6.46. The Hall–Kier alpha value is -2.60. The second kappa shape index (κ2) is 6.72. The predicted molar refractivity (Wildman–Crippen MR) is 90.2 cm³/mol. The largest absolute Gasteiger partial charge is 0.424 e. The summed E-state index contributed by atoms with van der Waals surface area (Å²) in [6.07, 6.45) is 5.83. The molecule has 1 fully saturated rings. The molecular formula is C19H19FN4O. The molecule has 1 atom stereocenters. The van der Waals surface area contributed by atoms with Gasteiger partial charge in [-0.25, -0.2) is 4.39 Å². The molecule has 0 unspecified atom stereocenters. The molecule has 1 aliphatic carbocycles. The van der Waals surface area contributed by atoms with E-state index >= 15 is 0 Å². The Labute approximate surface area is 145 Å². The molecule has 5 nitrogen and oxygen atoms in total. The van der Waals surface area contributed by atoms with Crippen LogP contribution in [-0.2, 0) is 6.54 Å². The van der Waals surface area contributed by atoms with Crippen LogP contribution in [0, 0.1) is 5.82 Å². The van der Waals surface area contributed by atoms with E-state index in [1.54, 1.807) is 18.3 Å². The Bertz CT molecular complexity index is 830. The van der Waals surface area contributed by atoms with Gasteiger partial charge in [0.2, 0.25) is 11.8 Å². The molecular weight excluding hydrogens is 319 g/mol. The number of hydrogen-bond acceptors (Lipinski definition) is 5. The third-order valence-corrected chi connectivity index (χ3v) is 4.42. The van der Waals surface area contributed by atoms with E-state index in [1.165, 1.54) is 12.1 Å². The van der Waals surface area contributed by atoms with Crippen molar-refractivity contribution >= 4 is 0 Å². The maximum absolute atomic E-state index is 13.3. The number of aromatic nitrogens is 3. The molecule has 0 spiro atoms. The van der Waals surface area contributed by atoms with Crippen LogP contribution in [0.1, 0.15) is 47.7 Å². The monoisotopic (exact) mass is 338 g/mol. The highest BCUT2D eigenvalue weighted by Crippen LogP contribution is 2.39. The van der Waals surface area contributed by atoms with Crippen molar-refractivity contribution in [1.29, 1.82) is 0 Å². The minimum absolute atomic E-state index is 0.0782. The van der Waals surface area contributed by atoms with Crippen molar-refractivity contribution in [2.24, 2.45) is 0 Å². The Morgan fingerprint density at radius 1 is 1.16 bits per heavy atom. The molecule has 6 heteroatoms. The number of hydrogen-bond donors (Lipinski definition) is 0. The molecule has 1 aromatic carbocycles. The van der Waals surface area contributed by atoms with E-state index in [4.69, 9.17) is 4.42 Å². The molecule has 25 heavy (non-hydrogen) atoms. The average molecular weight is 338 g/mol. The summed E-state index contributed by atoms with van der Waals surface area (Å²) in [4.78, 5) is 6.33. The topological polar surface area (TPSA) is 55.1 Å². The van der Waals surface area contributed by atoms with Gasteiger partial charge in [-0.3, -0.25) is 9.88 Å². The van der Waals surface area contributed by atoms with Gasteiger partial charge in [-0.2, -0.15) is 0 Å². The summed E-state index contributed by atoms with van der Waals surface area (Å²) in [5.41, 5.74) is 2.01. The summed E-state index contributed by atoms with van der Waals surface area (Å²) in [5, 5.41) is 8.31. The zero-order valence-electron chi connectivity index (χ0n) is 14.0. The van der Waals surface area contributed by atoms with Gasteiger partial charge in [-0.05, 0) is 49.2 Å². The third kappa shape index (κ3) is 3.58. The number of benzene rings is 1. The highest BCUT2D eigenvalue weighted by Gasteiger charge is 2.30. The maximum atomic E-state index is 13.3. The third-order valence-electron chi connectivity index (χ3n) is 4.42. The lowest BCUT2D eigenvalue weighted by Gasteiger charge is -2.27. The highest BCUT2D eigenvalue weighted by atomic mass is 19.1. The first kappa shape index (κ1) is 15.9.